The zero-order chi connectivity index (χ0) is 18.8. The zero-order valence-corrected chi connectivity index (χ0v) is 15.0. The third-order valence-electron chi connectivity index (χ3n) is 5.56. The maximum atomic E-state index is 13.4. The van der Waals surface area contributed by atoms with Gasteiger partial charge in [0.25, 0.3) is 0 Å². The van der Waals surface area contributed by atoms with Crippen LogP contribution in [-0.2, 0) is 4.79 Å². The Balaban J connectivity index is 1.17. The number of piperidine rings is 1. The molecule has 2 aromatic rings. The van der Waals surface area contributed by atoms with Crippen LogP contribution >= 0.6 is 0 Å². The maximum Gasteiger partial charge on any atom is 0.244 e. The molecule has 0 bridgehead atoms. The normalized spacial score (nSPS) is 23.4. The number of anilines is 2. The van der Waals surface area contributed by atoms with E-state index in [0.29, 0.717) is 30.1 Å². The van der Waals surface area contributed by atoms with Crippen molar-refractivity contribution in [3.63, 3.8) is 0 Å². The van der Waals surface area contributed by atoms with E-state index in [1.165, 1.54) is 12.1 Å². The predicted molar refractivity (Wildman–Crippen MR) is 104 cm³/mol. The highest BCUT2D eigenvalue weighted by atomic mass is 19.1. The lowest BCUT2D eigenvalue weighted by molar-refractivity contribution is -0.116. The largest absolute Gasteiger partial charge is 0.384 e. The number of fused-ring (bicyclic) bond motifs is 1. The standard InChI is InChI=1S/C21H23FN4O/c22-15-2-1-3-16(10-15)26-12-18-17(19(18)13-26)8-9-24-21(27)7-5-14-4-6-20(23)25-11-14/h1-7,10-11,17-19H,8-9,12-13H2,(H2,23,25)(H,24,27)/b7-5+. The third kappa shape index (κ3) is 4.10. The van der Waals surface area contributed by atoms with Crippen LogP contribution in [0.15, 0.2) is 48.7 Å². The fourth-order valence-electron chi connectivity index (χ4n) is 4.07. The molecule has 2 unspecified atom stereocenters. The van der Waals surface area contributed by atoms with E-state index in [1.807, 2.05) is 12.1 Å². The van der Waals surface area contributed by atoms with Crippen LogP contribution in [-0.4, -0.2) is 30.5 Å². The van der Waals surface area contributed by atoms with Crippen molar-refractivity contribution in [3.05, 3.63) is 60.1 Å². The van der Waals surface area contributed by atoms with Crippen LogP contribution < -0.4 is 16.0 Å². The summed E-state index contributed by atoms with van der Waals surface area (Å²) < 4.78 is 13.4. The first-order chi connectivity index (χ1) is 13.1. The maximum absolute atomic E-state index is 13.4. The van der Waals surface area contributed by atoms with E-state index in [-0.39, 0.29) is 11.7 Å². The number of pyridine rings is 1. The van der Waals surface area contributed by atoms with Crippen LogP contribution in [0.1, 0.15) is 12.0 Å². The van der Waals surface area contributed by atoms with Crippen LogP contribution in [0.2, 0.25) is 0 Å². The first-order valence-corrected chi connectivity index (χ1v) is 9.28. The molecule has 1 aromatic carbocycles. The summed E-state index contributed by atoms with van der Waals surface area (Å²) >= 11 is 0. The first kappa shape index (κ1) is 17.5. The molecule has 1 aliphatic carbocycles. The van der Waals surface area contributed by atoms with E-state index < -0.39 is 0 Å². The molecule has 2 atom stereocenters. The SMILES string of the molecule is Nc1ccc(/C=C/C(=O)NCCC2C3CN(c4cccc(F)c4)CC23)cn1. The Kier molecular flexibility index (Phi) is 4.79. The summed E-state index contributed by atoms with van der Waals surface area (Å²) in [5.41, 5.74) is 7.35. The summed E-state index contributed by atoms with van der Waals surface area (Å²) in [7, 11) is 0. The van der Waals surface area contributed by atoms with Gasteiger partial charge in [-0.3, -0.25) is 4.79 Å². The van der Waals surface area contributed by atoms with Gasteiger partial charge in [-0.05, 0) is 66.1 Å². The average Bonchev–Trinajstić information content (AvgIpc) is 3.11. The fraction of sp³-hybridized carbons (Fsp3) is 0.333. The number of hydrogen-bond acceptors (Lipinski definition) is 4. The van der Waals surface area contributed by atoms with E-state index in [9.17, 15) is 9.18 Å². The second kappa shape index (κ2) is 7.39. The van der Waals surface area contributed by atoms with Crippen molar-refractivity contribution in [1.29, 1.82) is 0 Å². The summed E-state index contributed by atoms with van der Waals surface area (Å²) in [6.45, 7) is 2.65. The smallest absolute Gasteiger partial charge is 0.244 e. The molecule has 140 valence electrons. The molecule has 5 nitrogen and oxygen atoms in total. The molecule has 1 saturated carbocycles. The minimum Gasteiger partial charge on any atom is -0.384 e. The van der Waals surface area contributed by atoms with E-state index in [0.717, 1.165) is 30.8 Å². The summed E-state index contributed by atoms with van der Waals surface area (Å²) in [5.74, 6) is 2.18. The first-order valence-electron chi connectivity index (χ1n) is 9.28. The Hall–Kier alpha value is -2.89. The highest BCUT2D eigenvalue weighted by molar-refractivity contribution is 5.91. The van der Waals surface area contributed by atoms with Crippen LogP contribution in [0.25, 0.3) is 6.08 Å². The average molecular weight is 366 g/mol. The highest BCUT2D eigenvalue weighted by Gasteiger charge is 2.54. The number of carbonyl (C=O) groups is 1. The molecular formula is C21H23FN4O. The van der Waals surface area contributed by atoms with Gasteiger partial charge in [0.15, 0.2) is 0 Å². The van der Waals surface area contributed by atoms with Crippen molar-refractivity contribution in [2.75, 3.05) is 30.3 Å². The van der Waals surface area contributed by atoms with Crippen LogP contribution in [0.4, 0.5) is 15.9 Å². The lowest BCUT2D eigenvalue weighted by atomic mass is 10.2. The molecule has 2 heterocycles. The van der Waals surface area contributed by atoms with Gasteiger partial charge < -0.3 is 16.0 Å². The molecule has 1 saturated heterocycles. The molecule has 1 aliphatic heterocycles. The Morgan fingerprint density at radius 3 is 2.81 bits per heavy atom. The monoisotopic (exact) mass is 366 g/mol. The molecule has 6 heteroatoms. The summed E-state index contributed by atoms with van der Waals surface area (Å²) in [6.07, 6.45) is 5.88. The number of amides is 1. The number of carbonyl (C=O) groups excluding carboxylic acids is 1. The van der Waals surface area contributed by atoms with Crippen molar-refractivity contribution in [2.24, 2.45) is 17.8 Å². The van der Waals surface area contributed by atoms with Gasteiger partial charge in [0.2, 0.25) is 5.91 Å². The van der Waals surface area contributed by atoms with E-state index >= 15 is 0 Å². The number of nitrogen functional groups attached to an aromatic ring is 1. The number of benzene rings is 1. The number of halogens is 1. The highest BCUT2D eigenvalue weighted by Crippen LogP contribution is 2.54. The number of rotatable bonds is 6. The van der Waals surface area contributed by atoms with Crippen molar-refractivity contribution in [3.8, 4) is 0 Å². The summed E-state index contributed by atoms with van der Waals surface area (Å²) in [5, 5.41) is 2.94. The molecule has 4 rings (SSSR count). The van der Waals surface area contributed by atoms with Crippen molar-refractivity contribution >= 4 is 23.5 Å². The van der Waals surface area contributed by atoms with E-state index in [2.05, 4.69) is 15.2 Å². The molecule has 3 N–H and O–H groups in total. The molecule has 27 heavy (non-hydrogen) atoms. The van der Waals surface area contributed by atoms with Gasteiger partial charge in [-0.1, -0.05) is 6.07 Å². The minimum atomic E-state index is -0.185. The topological polar surface area (TPSA) is 71.2 Å². The lowest BCUT2D eigenvalue weighted by Crippen LogP contribution is -2.26. The number of nitrogens with zero attached hydrogens (tertiary/aromatic N) is 2. The quantitative estimate of drug-likeness (QED) is 0.771. The molecule has 1 amide bonds. The van der Waals surface area contributed by atoms with Gasteiger partial charge in [-0.15, -0.1) is 0 Å². The molecule has 0 spiro atoms. The van der Waals surface area contributed by atoms with E-state index in [4.69, 9.17) is 5.73 Å². The van der Waals surface area contributed by atoms with Gasteiger partial charge in [0.1, 0.15) is 11.6 Å². The molecule has 1 aromatic heterocycles. The molecule has 2 aliphatic rings. The van der Waals surface area contributed by atoms with Crippen LogP contribution in [0.3, 0.4) is 0 Å². The molecule has 0 radical (unpaired) electrons. The minimum absolute atomic E-state index is 0.0981. The fourth-order valence-corrected chi connectivity index (χ4v) is 4.07. The second-order valence-corrected chi connectivity index (χ2v) is 7.31. The van der Waals surface area contributed by atoms with Crippen LogP contribution in [0.5, 0.6) is 0 Å². The summed E-state index contributed by atoms with van der Waals surface area (Å²) in [6, 6.07) is 10.3. The number of nitrogens with one attached hydrogen (secondary N) is 1. The Morgan fingerprint density at radius 2 is 2.11 bits per heavy atom. The van der Waals surface area contributed by atoms with E-state index in [1.54, 1.807) is 30.5 Å². The van der Waals surface area contributed by atoms with Gasteiger partial charge in [-0.25, -0.2) is 9.37 Å². The van der Waals surface area contributed by atoms with Gasteiger partial charge in [0.05, 0.1) is 0 Å². The number of hydrogen-bond donors (Lipinski definition) is 2. The molecular weight excluding hydrogens is 343 g/mol. The predicted octanol–water partition coefficient (Wildman–Crippen LogP) is 2.70. The van der Waals surface area contributed by atoms with Crippen molar-refractivity contribution < 1.29 is 9.18 Å². The molecule has 2 fully saturated rings. The Bertz CT molecular complexity index is 840. The lowest BCUT2D eigenvalue weighted by Gasteiger charge is -2.22. The third-order valence-corrected chi connectivity index (χ3v) is 5.56. The number of aromatic nitrogens is 1. The Morgan fingerprint density at radius 1 is 1.30 bits per heavy atom. The van der Waals surface area contributed by atoms with Gasteiger partial charge in [-0.2, -0.15) is 0 Å². The van der Waals surface area contributed by atoms with Gasteiger partial charge >= 0.3 is 0 Å². The number of nitrogens with two attached hydrogens (primary N) is 1. The zero-order valence-electron chi connectivity index (χ0n) is 15.0. The van der Waals surface area contributed by atoms with Gasteiger partial charge in [0, 0.05) is 37.6 Å². The Labute approximate surface area is 158 Å². The second-order valence-electron chi connectivity index (χ2n) is 7.31. The summed E-state index contributed by atoms with van der Waals surface area (Å²) in [4.78, 5) is 18.2. The van der Waals surface area contributed by atoms with Crippen LogP contribution in [0, 0.1) is 23.6 Å². The van der Waals surface area contributed by atoms with Crippen molar-refractivity contribution in [2.45, 2.75) is 6.42 Å². The van der Waals surface area contributed by atoms with Crippen molar-refractivity contribution in [1.82, 2.24) is 10.3 Å².